The molecule has 0 unspecified atom stereocenters. The van der Waals surface area contributed by atoms with E-state index in [-0.39, 0.29) is 6.10 Å². The van der Waals surface area contributed by atoms with E-state index in [2.05, 4.69) is 32.6 Å². The minimum atomic E-state index is -0.613. The summed E-state index contributed by atoms with van der Waals surface area (Å²) >= 11 is 0. The molecule has 30 heavy (non-hydrogen) atoms. The SMILES string of the molecule is C=C1/C(=C/C=C2/CCC[C@]3(C)[C@@H]([C@H](C)CC[C@H](O)C4CC4)CC[C@@H]23)C[C@@H](O)C[C@H]1O. The van der Waals surface area contributed by atoms with Crippen LogP contribution in [0.2, 0.25) is 0 Å². The van der Waals surface area contributed by atoms with Gasteiger partial charge in [-0.1, -0.05) is 38.2 Å². The highest BCUT2D eigenvalue weighted by atomic mass is 16.3. The van der Waals surface area contributed by atoms with Crippen molar-refractivity contribution < 1.29 is 15.3 Å². The van der Waals surface area contributed by atoms with Gasteiger partial charge in [0.15, 0.2) is 0 Å². The van der Waals surface area contributed by atoms with Crippen LogP contribution in [0.25, 0.3) is 0 Å². The first-order valence-electron chi connectivity index (χ1n) is 12.4. The number of aliphatic hydroxyl groups excluding tert-OH is 3. The summed E-state index contributed by atoms with van der Waals surface area (Å²) in [4.78, 5) is 0. The number of rotatable bonds is 6. The largest absolute Gasteiger partial charge is 0.393 e. The Morgan fingerprint density at radius 2 is 1.90 bits per heavy atom. The molecule has 7 atom stereocenters. The monoisotopic (exact) mass is 414 g/mol. The highest BCUT2D eigenvalue weighted by Crippen LogP contribution is 2.60. The molecule has 0 saturated heterocycles. The Hall–Kier alpha value is -0.900. The predicted octanol–water partition coefficient (Wildman–Crippen LogP) is 5.31. The van der Waals surface area contributed by atoms with Gasteiger partial charge in [0.05, 0.1) is 18.3 Å². The molecule has 0 heterocycles. The summed E-state index contributed by atoms with van der Waals surface area (Å²) in [6.07, 6.45) is 15.2. The van der Waals surface area contributed by atoms with Crippen LogP contribution >= 0.6 is 0 Å². The molecule has 168 valence electrons. The van der Waals surface area contributed by atoms with Gasteiger partial charge in [-0.2, -0.15) is 0 Å². The fourth-order valence-electron chi connectivity index (χ4n) is 7.03. The molecule has 0 radical (unpaired) electrons. The van der Waals surface area contributed by atoms with Gasteiger partial charge in [-0.3, -0.25) is 0 Å². The Kier molecular flexibility index (Phi) is 6.63. The van der Waals surface area contributed by atoms with Crippen molar-refractivity contribution in [1.29, 1.82) is 0 Å². The molecule has 0 aromatic heterocycles. The Bertz CT molecular complexity index is 703. The molecular formula is C27H42O3. The van der Waals surface area contributed by atoms with Crippen molar-refractivity contribution in [1.82, 2.24) is 0 Å². The van der Waals surface area contributed by atoms with E-state index >= 15 is 0 Å². The molecule has 0 amide bonds. The summed E-state index contributed by atoms with van der Waals surface area (Å²) < 4.78 is 0. The fraction of sp³-hybridized carbons (Fsp3) is 0.778. The highest BCUT2D eigenvalue weighted by molar-refractivity contribution is 5.38. The topological polar surface area (TPSA) is 60.7 Å². The Morgan fingerprint density at radius 1 is 1.13 bits per heavy atom. The fourth-order valence-corrected chi connectivity index (χ4v) is 7.03. The average Bonchev–Trinajstić information content (AvgIpc) is 3.49. The lowest BCUT2D eigenvalue weighted by Gasteiger charge is -2.44. The van der Waals surface area contributed by atoms with Gasteiger partial charge in [-0.05, 0) is 104 Å². The second-order valence-electron chi connectivity index (χ2n) is 11.1. The second kappa shape index (κ2) is 8.92. The van der Waals surface area contributed by atoms with Gasteiger partial charge in [0.2, 0.25) is 0 Å². The Balaban J connectivity index is 1.44. The third kappa shape index (κ3) is 4.49. The minimum absolute atomic E-state index is 0.0693. The van der Waals surface area contributed by atoms with E-state index in [1.54, 1.807) is 5.57 Å². The van der Waals surface area contributed by atoms with Crippen molar-refractivity contribution in [3.8, 4) is 0 Å². The summed E-state index contributed by atoms with van der Waals surface area (Å²) in [6, 6.07) is 0. The number of fused-ring (bicyclic) bond motifs is 1. The minimum Gasteiger partial charge on any atom is -0.393 e. The van der Waals surface area contributed by atoms with Crippen LogP contribution in [-0.4, -0.2) is 33.6 Å². The third-order valence-corrected chi connectivity index (χ3v) is 9.07. The van der Waals surface area contributed by atoms with Gasteiger partial charge in [0.1, 0.15) is 0 Å². The lowest BCUT2D eigenvalue weighted by molar-refractivity contribution is 0.0784. The molecule has 0 aliphatic heterocycles. The van der Waals surface area contributed by atoms with Crippen LogP contribution in [0.3, 0.4) is 0 Å². The molecule has 0 aromatic rings. The predicted molar refractivity (Wildman–Crippen MR) is 122 cm³/mol. The maximum absolute atomic E-state index is 10.3. The van der Waals surface area contributed by atoms with Crippen molar-refractivity contribution in [3.05, 3.63) is 35.5 Å². The molecule has 0 aromatic carbocycles. The summed E-state index contributed by atoms with van der Waals surface area (Å²) in [5.74, 6) is 2.66. The first-order valence-corrected chi connectivity index (χ1v) is 12.4. The molecule has 4 rings (SSSR count). The molecule has 3 nitrogen and oxygen atoms in total. The Labute approximate surface area is 183 Å². The van der Waals surface area contributed by atoms with Crippen LogP contribution in [0, 0.1) is 29.1 Å². The van der Waals surface area contributed by atoms with Gasteiger partial charge < -0.3 is 15.3 Å². The number of allylic oxidation sites excluding steroid dienone is 3. The van der Waals surface area contributed by atoms with Gasteiger partial charge in [-0.15, -0.1) is 0 Å². The summed E-state index contributed by atoms with van der Waals surface area (Å²) in [5, 5.41) is 30.5. The van der Waals surface area contributed by atoms with Crippen LogP contribution < -0.4 is 0 Å². The average molecular weight is 415 g/mol. The molecule has 4 aliphatic carbocycles. The van der Waals surface area contributed by atoms with E-state index in [0.29, 0.717) is 36.0 Å². The van der Waals surface area contributed by atoms with E-state index in [0.717, 1.165) is 29.9 Å². The zero-order valence-electron chi connectivity index (χ0n) is 19.0. The molecule has 0 bridgehead atoms. The smallest absolute Gasteiger partial charge is 0.0811 e. The van der Waals surface area contributed by atoms with Crippen molar-refractivity contribution in [3.63, 3.8) is 0 Å². The van der Waals surface area contributed by atoms with E-state index in [1.165, 1.54) is 44.9 Å². The van der Waals surface area contributed by atoms with Crippen molar-refractivity contribution in [2.45, 2.75) is 103 Å². The maximum atomic E-state index is 10.3. The third-order valence-electron chi connectivity index (χ3n) is 9.07. The van der Waals surface area contributed by atoms with Crippen molar-refractivity contribution >= 4 is 0 Å². The molecule has 4 aliphatic rings. The number of aliphatic hydroxyl groups is 3. The lowest BCUT2D eigenvalue weighted by atomic mass is 9.60. The van der Waals surface area contributed by atoms with Crippen LogP contribution in [0.4, 0.5) is 0 Å². The molecule has 4 saturated carbocycles. The molecule has 0 spiro atoms. The van der Waals surface area contributed by atoms with E-state index in [1.807, 2.05) is 0 Å². The van der Waals surface area contributed by atoms with E-state index in [9.17, 15) is 15.3 Å². The van der Waals surface area contributed by atoms with E-state index in [4.69, 9.17) is 0 Å². The summed E-state index contributed by atoms with van der Waals surface area (Å²) in [6.45, 7) is 9.01. The quantitative estimate of drug-likeness (QED) is 0.552. The van der Waals surface area contributed by atoms with E-state index < -0.39 is 12.2 Å². The Morgan fingerprint density at radius 3 is 2.63 bits per heavy atom. The molecule has 4 fully saturated rings. The van der Waals surface area contributed by atoms with Crippen LogP contribution in [0.15, 0.2) is 35.5 Å². The van der Waals surface area contributed by atoms with Crippen LogP contribution in [0.5, 0.6) is 0 Å². The van der Waals surface area contributed by atoms with Gasteiger partial charge >= 0.3 is 0 Å². The zero-order chi connectivity index (χ0) is 21.5. The van der Waals surface area contributed by atoms with Crippen LogP contribution in [0.1, 0.15) is 84.5 Å². The highest BCUT2D eigenvalue weighted by Gasteiger charge is 2.50. The maximum Gasteiger partial charge on any atom is 0.0811 e. The number of hydrogen-bond acceptors (Lipinski definition) is 3. The number of hydrogen-bond donors (Lipinski definition) is 3. The lowest BCUT2D eigenvalue weighted by Crippen LogP contribution is -2.36. The van der Waals surface area contributed by atoms with Gasteiger partial charge in [-0.25, -0.2) is 0 Å². The summed E-state index contributed by atoms with van der Waals surface area (Å²) in [5.41, 5.74) is 3.72. The van der Waals surface area contributed by atoms with Crippen molar-refractivity contribution in [2.24, 2.45) is 29.1 Å². The van der Waals surface area contributed by atoms with Crippen molar-refractivity contribution in [2.75, 3.05) is 0 Å². The first-order chi connectivity index (χ1) is 14.3. The second-order valence-corrected chi connectivity index (χ2v) is 11.1. The normalized spacial score (nSPS) is 41.8. The summed E-state index contributed by atoms with van der Waals surface area (Å²) in [7, 11) is 0. The van der Waals surface area contributed by atoms with Crippen LogP contribution in [-0.2, 0) is 0 Å². The molecular weight excluding hydrogens is 372 g/mol. The standard InChI is InChI=1S/C27H42O3/c1-17(6-13-25(29)20-8-9-20)23-11-12-24-19(5-4-14-27(23,24)3)7-10-21-15-22(28)16-26(30)18(21)2/h7,10,17,20,22-26,28-30H,2,4-6,8-9,11-16H2,1,3H3/b19-7-,21-10+/t17-,22-,23-,24+,25+,26-,27-/m1/s1. The first kappa shape index (κ1) is 22.3. The molecule has 3 heteroatoms. The van der Waals surface area contributed by atoms with Gasteiger partial charge in [0, 0.05) is 6.42 Å². The van der Waals surface area contributed by atoms with Gasteiger partial charge in [0.25, 0.3) is 0 Å². The zero-order valence-corrected chi connectivity index (χ0v) is 19.0. The molecule has 3 N–H and O–H groups in total.